The van der Waals surface area contributed by atoms with Crippen molar-refractivity contribution in [2.24, 2.45) is 0 Å². The fourth-order valence-corrected chi connectivity index (χ4v) is 3.79. The van der Waals surface area contributed by atoms with Crippen LogP contribution in [0.25, 0.3) is 11.2 Å². The summed E-state index contributed by atoms with van der Waals surface area (Å²) in [5.41, 5.74) is 5.79. The number of nitrogens with zero attached hydrogens (tertiary/aromatic N) is 2. The van der Waals surface area contributed by atoms with Crippen molar-refractivity contribution in [1.29, 1.82) is 0 Å². The number of fused-ring (bicyclic) bond motifs is 1. The predicted octanol–water partition coefficient (Wildman–Crippen LogP) is 6.27. The van der Waals surface area contributed by atoms with Crippen LogP contribution in [0.5, 0.6) is 0 Å². The summed E-state index contributed by atoms with van der Waals surface area (Å²) in [7, 11) is 0. The summed E-state index contributed by atoms with van der Waals surface area (Å²) < 4.78 is 2.13. The van der Waals surface area contributed by atoms with Gasteiger partial charge in [-0.3, -0.25) is 4.40 Å². The fraction of sp³-hybridized carbons (Fsp3) is 0.261. The van der Waals surface area contributed by atoms with Crippen molar-refractivity contribution in [2.45, 2.75) is 32.6 Å². The minimum atomic E-state index is 0.776. The minimum Gasteiger partial charge on any atom is -0.366 e. The van der Waals surface area contributed by atoms with Crippen LogP contribution >= 0.6 is 11.6 Å². The molecule has 2 aromatic rings. The number of nitrogens with one attached hydrogen (secondary N) is 1. The van der Waals surface area contributed by atoms with Gasteiger partial charge in [0.05, 0.1) is 0 Å². The van der Waals surface area contributed by atoms with E-state index in [1.807, 2.05) is 18.2 Å². The highest BCUT2D eigenvalue weighted by Gasteiger charge is 2.16. The Morgan fingerprint density at radius 2 is 2.19 bits per heavy atom. The van der Waals surface area contributed by atoms with Crippen molar-refractivity contribution in [1.82, 2.24) is 9.38 Å². The number of imidazole rings is 1. The maximum atomic E-state index is 6.27. The van der Waals surface area contributed by atoms with E-state index in [-0.39, 0.29) is 0 Å². The normalized spacial score (nSPS) is 17.6. The SMILES string of the molecule is CC1=CC=C(c2nc3ccccn3c2NCC2=CC(Cl)=CCCC2)CC=C1. The van der Waals surface area contributed by atoms with Gasteiger partial charge in [-0.15, -0.1) is 0 Å². The molecule has 0 spiro atoms. The Morgan fingerprint density at radius 1 is 1.26 bits per heavy atom. The second kappa shape index (κ2) is 8.01. The number of halogens is 1. The zero-order valence-electron chi connectivity index (χ0n) is 15.6. The lowest BCUT2D eigenvalue weighted by molar-refractivity contribution is 0.829. The highest BCUT2D eigenvalue weighted by molar-refractivity contribution is 6.31. The van der Waals surface area contributed by atoms with E-state index in [4.69, 9.17) is 16.6 Å². The van der Waals surface area contributed by atoms with Gasteiger partial charge in [0.2, 0.25) is 0 Å². The van der Waals surface area contributed by atoms with Gasteiger partial charge in [-0.2, -0.15) is 0 Å². The van der Waals surface area contributed by atoms with Crippen molar-refractivity contribution >= 4 is 28.6 Å². The fourth-order valence-electron chi connectivity index (χ4n) is 3.52. The van der Waals surface area contributed by atoms with Gasteiger partial charge in [-0.1, -0.05) is 53.6 Å². The topological polar surface area (TPSA) is 29.3 Å². The van der Waals surface area contributed by atoms with Gasteiger partial charge < -0.3 is 5.32 Å². The monoisotopic (exact) mass is 377 g/mol. The molecule has 0 aromatic carbocycles. The van der Waals surface area contributed by atoms with Crippen molar-refractivity contribution in [3.05, 3.63) is 82.7 Å². The molecule has 0 fully saturated rings. The number of rotatable bonds is 4. The molecule has 2 aliphatic carbocycles. The van der Waals surface area contributed by atoms with Crippen LogP contribution in [-0.2, 0) is 0 Å². The van der Waals surface area contributed by atoms with Crippen LogP contribution in [0.4, 0.5) is 5.82 Å². The zero-order valence-corrected chi connectivity index (χ0v) is 16.3. The Morgan fingerprint density at radius 3 is 3.11 bits per heavy atom. The number of pyridine rings is 1. The van der Waals surface area contributed by atoms with Crippen LogP contribution in [0.3, 0.4) is 0 Å². The van der Waals surface area contributed by atoms with Crippen molar-refractivity contribution < 1.29 is 0 Å². The van der Waals surface area contributed by atoms with Crippen LogP contribution in [0.1, 0.15) is 38.3 Å². The van der Waals surface area contributed by atoms with Crippen LogP contribution in [-0.4, -0.2) is 15.9 Å². The zero-order chi connectivity index (χ0) is 18.6. The van der Waals surface area contributed by atoms with Gasteiger partial charge in [-0.25, -0.2) is 4.98 Å². The molecular formula is C23H24ClN3. The highest BCUT2D eigenvalue weighted by Crippen LogP contribution is 2.30. The smallest absolute Gasteiger partial charge is 0.139 e. The second-order valence-electron chi connectivity index (χ2n) is 7.08. The lowest BCUT2D eigenvalue weighted by Gasteiger charge is -2.12. The standard InChI is InChI=1S/C23H24ClN3/c1-17-7-6-9-19(13-12-17)22-23(27-14-5-4-11-21(27)26-22)25-16-18-8-2-3-10-20(24)15-18/h4-7,10-15,25H,2-3,8-9,16H2,1H3. The Labute approximate surface area is 165 Å². The molecule has 2 aromatic heterocycles. The molecule has 0 radical (unpaired) electrons. The molecule has 0 bridgehead atoms. The predicted molar refractivity (Wildman–Crippen MR) is 115 cm³/mol. The first kappa shape index (κ1) is 17.9. The first-order chi connectivity index (χ1) is 13.2. The van der Waals surface area contributed by atoms with E-state index in [0.717, 1.165) is 54.4 Å². The number of hydrogen-bond donors (Lipinski definition) is 1. The molecular weight excluding hydrogens is 354 g/mol. The Hall–Kier alpha value is -2.52. The summed E-state index contributed by atoms with van der Waals surface area (Å²) in [5, 5.41) is 4.49. The van der Waals surface area contributed by atoms with Gasteiger partial charge >= 0.3 is 0 Å². The summed E-state index contributed by atoms with van der Waals surface area (Å²) >= 11 is 6.27. The third kappa shape index (κ3) is 4.09. The number of anilines is 1. The molecule has 0 saturated heterocycles. The average Bonchev–Trinajstić information content (AvgIpc) is 2.78. The summed E-state index contributed by atoms with van der Waals surface area (Å²) in [6.45, 7) is 2.90. The molecule has 0 aliphatic heterocycles. The van der Waals surface area contributed by atoms with Crippen molar-refractivity contribution in [3.63, 3.8) is 0 Å². The van der Waals surface area contributed by atoms with Gasteiger partial charge in [0.1, 0.15) is 17.2 Å². The van der Waals surface area contributed by atoms with Crippen molar-refractivity contribution in [3.8, 4) is 0 Å². The molecule has 4 rings (SSSR count). The number of allylic oxidation sites excluding steroid dienone is 9. The maximum absolute atomic E-state index is 6.27. The molecule has 0 amide bonds. The quantitative estimate of drug-likeness (QED) is 0.680. The molecule has 1 N–H and O–H groups in total. The third-order valence-corrected chi connectivity index (χ3v) is 5.23. The largest absolute Gasteiger partial charge is 0.366 e. The average molecular weight is 378 g/mol. The number of hydrogen-bond acceptors (Lipinski definition) is 2. The maximum Gasteiger partial charge on any atom is 0.139 e. The summed E-state index contributed by atoms with van der Waals surface area (Å²) in [4.78, 5) is 4.91. The highest BCUT2D eigenvalue weighted by atomic mass is 35.5. The Balaban J connectivity index is 1.69. The van der Waals surface area contributed by atoms with Crippen molar-refractivity contribution in [2.75, 3.05) is 11.9 Å². The van der Waals surface area contributed by atoms with E-state index in [1.165, 1.54) is 16.7 Å². The molecule has 0 unspecified atom stereocenters. The van der Waals surface area contributed by atoms with E-state index in [0.29, 0.717) is 0 Å². The van der Waals surface area contributed by atoms with E-state index in [1.54, 1.807) is 0 Å². The second-order valence-corrected chi connectivity index (χ2v) is 7.52. The molecule has 2 aliphatic rings. The first-order valence-corrected chi connectivity index (χ1v) is 9.89. The molecule has 27 heavy (non-hydrogen) atoms. The van der Waals surface area contributed by atoms with Crippen LogP contribution < -0.4 is 5.32 Å². The number of aromatic nitrogens is 2. The van der Waals surface area contributed by atoms with E-state index in [9.17, 15) is 0 Å². The van der Waals surface area contributed by atoms with E-state index in [2.05, 4.69) is 59.3 Å². The Kier molecular flexibility index (Phi) is 5.30. The van der Waals surface area contributed by atoms with Crippen LogP contribution in [0.15, 0.2) is 77.0 Å². The van der Waals surface area contributed by atoms with Gasteiger partial charge in [0.15, 0.2) is 0 Å². The Bertz CT molecular complexity index is 1000. The minimum absolute atomic E-state index is 0.776. The van der Waals surface area contributed by atoms with E-state index < -0.39 is 0 Å². The molecule has 3 nitrogen and oxygen atoms in total. The molecule has 138 valence electrons. The summed E-state index contributed by atoms with van der Waals surface area (Å²) in [5.74, 6) is 1.04. The van der Waals surface area contributed by atoms with Crippen LogP contribution in [0, 0.1) is 0 Å². The van der Waals surface area contributed by atoms with Gasteiger partial charge in [0.25, 0.3) is 0 Å². The molecule has 0 saturated carbocycles. The summed E-state index contributed by atoms with van der Waals surface area (Å²) in [6.07, 6.45) is 19.1. The van der Waals surface area contributed by atoms with Crippen LogP contribution in [0.2, 0.25) is 0 Å². The van der Waals surface area contributed by atoms with Gasteiger partial charge in [-0.05, 0) is 62.0 Å². The molecule has 0 atom stereocenters. The molecule has 2 heterocycles. The third-order valence-electron chi connectivity index (χ3n) is 4.97. The van der Waals surface area contributed by atoms with E-state index >= 15 is 0 Å². The molecule has 4 heteroatoms. The first-order valence-electron chi connectivity index (χ1n) is 9.51. The van der Waals surface area contributed by atoms with Gasteiger partial charge in [0, 0.05) is 17.8 Å². The summed E-state index contributed by atoms with van der Waals surface area (Å²) in [6, 6.07) is 6.12. The lowest BCUT2D eigenvalue weighted by atomic mass is 10.1. The lowest BCUT2D eigenvalue weighted by Crippen LogP contribution is -2.08.